The Morgan fingerprint density at radius 2 is 1.81 bits per heavy atom. The third kappa shape index (κ3) is 4.60. The van der Waals surface area contributed by atoms with Gasteiger partial charge in [-0.3, -0.25) is 4.79 Å². The molecule has 4 heteroatoms. The van der Waals surface area contributed by atoms with Gasteiger partial charge < -0.3 is 10.6 Å². The van der Waals surface area contributed by atoms with E-state index in [-0.39, 0.29) is 5.91 Å². The summed E-state index contributed by atoms with van der Waals surface area (Å²) in [6, 6.07) is 13.7. The minimum atomic E-state index is 0.00938. The lowest BCUT2D eigenvalue weighted by atomic mass is 10.1. The molecule has 0 aliphatic carbocycles. The van der Waals surface area contributed by atoms with Crippen LogP contribution in [0.4, 0.5) is 11.4 Å². The third-order valence-corrected chi connectivity index (χ3v) is 3.93. The molecule has 2 N–H and O–H groups in total. The van der Waals surface area contributed by atoms with Gasteiger partial charge in [-0.1, -0.05) is 28.1 Å². The predicted octanol–water partition coefficient (Wildman–Crippen LogP) is 4.51. The Balaban J connectivity index is 1.81. The highest BCUT2D eigenvalue weighted by molar-refractivity contribution is 9.10. The fourth-order valence-electron chi connectivity index (χ4n) is 2.01. The van der Waals surface area contributed by atoms with Crippen molar-refractivity contribution < 1.29 is 4.79 Å². The van der Waals surface area contributed by atoms with Gasteiger partial charge >= 0.3 is 0 Å². The first-order valence-corrected chi connectivity index (χ1v) is 7.71. The van der Waals surface area contributed by atoms with Crippen molar-refractivity contribution in [1.29, 1.82) is 0 Å². The maximum absolute atomic E-state index is 11.9. The summed E-state index contributed by atoms with van der Waals surface area (Å²) in [5, 5.41) is 6.19. The largest absolute Gasteiger partial charge is 0.384 e. The molecular weight excluding hydrogens is 328 g/mol. The number of hydrogen-bond acceptors (Lipinski definition) is 2. The van der Waals surface area contributed by atoms with Crippen molar-refractivity contribution in [3.8, 4) is 0 Å². The SMILES string of the molecule is Cc1cccc(NCCC(=O)Nc2ccc(Br)cc2)c1C. The molecule has 0 heterocycles. The van der Waals surface area contributed by atoms with E-state index in [0.717, 1.165) is 15.8 Å². The van der Waals surface area contributed by atoms with E-state index in [9.17, 15) is 4.79 Å². The topological polar surface area (TPSA) is 41.1 Å². The van der Waals surface area contributed by atoms with E-state index in [1.807, 2.05) is 36.4 Å². The van der Waals surface area contributed by atoms with Crippen LogP contribution in [-0.2, 0) is 4.79 Å². The van der Waals surface area contributed by atoms with Crippen molar-refractivity contribution in [2.75, 3.05) is 17.2 Å². The highest BCUT2D eigenvalue weighted by atomic mass is 79.9. The van der Waals surface area contributed by atoms with Gasteiger partial charge in [0.15, 0.2) is 0 Å². The van der Waals surface area contributed by atoms with E-state index in [4.69, 9.17) is 0 Å². The van der Waals surface area contributed by atoms with Crippen molar-refractivity contribution in [2.45, 2.75) is 20.3 Å². The molecule has 3 nitrogen and oxygen atoms in total. The van der Waals surface area contributed by atoms with E-state index in [1.165, 1.54) is 11.1 Å². The average Bonchev–Trinajstić information content (AvgIpc) is 2.46. The van der Waals surface area contributed by atoms with Gasteiger partial charge in [0.25, 0.3) is 0 Å². The zero-order valence-corrected chi connectivity index (χ0v) is 13.8. The number of rotatable bonds is 5. The molecule has 0 radical (unpaired) electrons. The van der Waals surface area contributed by atoms with Crippen molar-refractivity contribution in [3.63, 3.8) is 0 Å². The molecule has 0 aliphatic rings. The van der Waals surface area contributed by atoms with Crippen LogP contribution in [0.1, 0.15) is 17.5 Å². The molecule has 0 aliphatic heterocycles. The summed E-state index contributed by atoms with van der Waals surface area (Å²) in [7, 11) is 0. The Morgan fingerprint density at radius 3 is 2.52 bits per heavy atom. The second-order valence-electron chi connectivity index (χ2n) is 4.98. The number of hydrogen-bond donors (Lipinski definition) is 2. The van der Waals surface area contributed by atoms with E-state index in [0.29, 0.717) is 13.0 Å². The second kappa shape index (κ2) is 7.27. The van der Waals surface area contributed by atoms with E-state index in [1.54, 1.807) is 0 Å². The lowest BCUT2D eigenvalue weighted by Crippen LogP contribution is -2.16. The maximum Gasteiger partial charge on any atom is 0.226 e. The lowest BCUT2D eigenvalue weighted by molar-refractivity contribution is -0.115. The Labute approximate surface area is 133 Å². The first kappa shape index (κ1) is 15.6. The summed E-state index contributed by atoms with van der Waals surface area (Å²) in [5.41, 5.74) is 4.38. The maximum atomic E-state index is 11.9. The molecule has 2 rings (SSSR count). The molecule has 0 fully saturated rings. The van der Waals surface area contributed by atoms with Crippen LogP contribution in [0.5, 0.6) is 0 Å². The van der Waals surface area contributed by atoms with Crippen LogP contribution in [0, 0.1) is 13.8 Å². The summed E-state index contributed by atoms with van der Waals surface area (Å²) < 4.78 is 0.997. The smallest absolute Gasteiger partial charge is 0.226 e. The van der Waals surface area contributed by atoms with Gasteiger partial charge in [-0.25, -0.2) is 0 Å². The Hall–Kier alpha value is -1.81. The number of benzene rings is 2. The number of anilines is 2. The van der Waals surface area contributed by atoms with Gasteiger partial charge in [0.2, 0.25) is 5.91 Å². The number of halogens is 1. The van der Waals surface area contributed by atoms with Crippen molar-refractivity contribution >= 4 is 33.2 Å². The highest BCUT2D eigenvalue weighted by Gasteiger charge is 2.04. The first-order valence-electron chi connectivity index (χ1n) is 6.92. The van der Waals surface area contributed by atoms with Crippen molar-refractivity contribution in [2.24, 2.45) is 0 Å². The van der Waals surface area contributed by atoms with Gasteiger partial charge in [0.05, 0.1) is 0 Å². The molecule has 110 valence electrons. The first-order chi connectivity index (χ1) is 10.1. The predicted molar refractivity (Wildman–Crippen MR) is 91.8 cm³/mol. The summed E-state index contributed by atoms with van der Waals surface area (Å²) in [5.74, 6) is 0.00938. The quantitative estimate of drug-likeness (QED) is 0.836. The van der Waals surface area contributed by atoms with Crippen LogP contribution in [0.3, 0.4) is 0 Å². The molecule has 0 atom stereocenters. The zero-order chi connectivity index (χ0) is 15.2. The molecule has 2 aromatic rings. The number of aryl methyl sites for hydroxylation is 1. The van der Waals surface area contributed by atoms with Crippen molar-refractivity contribution in [1.82, 2.24) is 0 Å². The Kier molecular flexibility index (Phi) is 5.39. The second-order valence-corrected chi connectivity index (χ2v) is 5.89. The normalized spacial score (nSPS) is 10.2. The molecule has 21 heavy (non-hydrogen) atoms. The summed E-state index contributed by atoms with van der Waals surface area (Å²) in [4.78, 5) is 11.9. The minimum absolute atomic E-state index is 0.00938. The monoisotopic (exact) mass is 346 g/mol. The van der Waals surface area contributed by atoms with Crippen LogP contribution in [0.2, 0.25) is 0 Å². The summed E-state index contributed by atoms with van der Waals surface area (Å²) in [6.45, 7) is 4.78. The zero-order valence-electron chi connectivity index (χ0n) is 12.2. The molecule has 0 saturated heterocycles. The molecule has 0 aromatic heterocycles. The Bertz CT molecular complexity index is 623. The van der Waals surface area contributed by atoms with E-state index >= 15 is 0 Å². The Morgan fingerprint density at radius 1 is 1.10 bits per heavy atom. The van der Waals surface area contributed by atoms with Crippen LogP contribution in [0.15, 0.2) is 46.9 Å². The van der Waals surface area contributed by atoms with Gasteiger partial charge in [-0.05, 0) is 55.3 Å². The van der Waals surface area contributed by atoms with Gasteiger partial charge in [0, 0.05) is 28.8 Å². The van der Waals surface area contributed by atoms with Gasteiger partial charge in [-0.15, -0.1) is 0 Å². The third-order valence-electron chi connectivity index (χ3n) is 3.40. The molecule has 1 amide bonds. The lowest BCUT2D eigenvalue weighted by Gasteiger charge is -2.11. The molecular formula is C17H19BrN2O. The molecule has 0 spiro atoms. The van der Waals surface area contributed by atoms with Crippen molar-refractivity contribution in [3.05, 3.63) is 58.1 Å². The average molecular weight is 347 g/mol. The fraction of sp³-hybridized carbons (Fsp3) is 0.235. The summed E-state index contributed by atoms with van der Waals surface area (Å²) >= 11 is 3.37. The van der Waals surface area contributed by atoms with E-state index < -0.39 is 0 Å². The van der Waals surface area contributed by atoms with Crippen LogP contribution < -0.4 is 10.6 Å². The summed E-state index contributed by atoms with van der Waals surface area (Å²) in [6.07, 6.45) is 0.434. The fourth-order valence-corrected chi connectivity index (χ4v) is 2.27. The van der Waals surface area contributed by atoms with Gasteiger partial charge in [-0.2, -0.15) is 0 Å². The number of carbonyl (C=O) groups excluding carboxylic acids is 1. The number of carbonyl (C=O) groups is 1. The standard InChI is InChI=1S/C17H19BrN2O/c1-12-4-3-5-16(13(12)2)19-11-10-17(21)20-15-8-6-14(18)7-9-15/h3-9,19H,10-11H2,1-2H3,(H,20,21). The molecule has 2 aromatic carbocycles. The minimum Gasteiger partial charge on any atom is -0.384 e. The van der Waals surface area contributed by atoms with Crippen LogP contribution in [0.25, 0.3) is 0 Å². The number of nitrogens with one attached hydrogen (secondary N) is 2. The number of amides is 1. The van der Waals surface area contributed by atoms with Crippen LogP contribution >= 0.6 is 15.9 Å². The van der Waals surface area contributed by atoms with Crippen LogP contribution in [-0.4, -0.2) is 12.5 Å². The highest BCUT2D eigenvalue weighted by Crippen LogP contribution is 2.18. The van der Waals surface area contributed by atoms with E-state index in [2.05, 4.69) is 46.5 Å². The molecule has 0 saturated carbocycles. The molecule has 0 unspecified atom stereocenters. The van der Waals surface area contributed by atoms with Gasteiger partial charge in [0.1, 0.15) is 0 Å². The molecule has 0 bridgehead atoms.